The third-order valence-corrected chi connectivity index (χ3v) is 6.22. The minimum Gasteiger partial charge on any atom is -0.315 e. The minimum atomic E-state index is -3.10. The van der Waals surface area contributed by atoms with Gasteiger partial charge in [-0.25, -0.2) is 8.42 Å². The molecule has 2 fully saturated rings. The Balaban J connectivity index is 0.00000200. The van der Waals surface area contributed by atoms with Gasteiger partial charge in [0, 0.05) is 38.8 Å². The fourth-order valence-electron chi connectivity index (χ4n) is 2.94. The Bertz CT molecular complexity index is 394. The van der Waals surface area contributed by atoms with Crippen LogP contribution in [0.3, 0.4) is 0 Å². The number of nitrogens with zero attached hydrogens (tertiary/aromatic N) is 2. The van der Waals surface area contributed by atoms with E-state index in [-0.39, 0.29) is 23.6 Å². The molecule has 2 heterocycles. The van der Waals surface area contributed by atoms with Crippen molar-refractivity contribution >= 4 is 22.4 Å². The average molecular weight is 326 g/mol. The van der Waals surface area contributed by atoms with Gasteiger partial charge in [-0.1, -0.05) is 20.8 Å². The minimum absolute atomic E-state index is 0. The van der Waals surface area contributed by atoms with Gasteiger partial charge in [-0.15, -0.1) is 12.4 Å². The molecule has 1 unspecified atom stereocenters. The van der Waals surface area contributed by atoms with E-state index in [9.17, 15) is 8.42 Å². The van der Waals surface area contributed by atoms with E-state index < -0.39 is 10.0 Å². The molecule has 2 aliphatic heterocycles. The molecule has 2 rings (SSSR count). The second-order valence-electron chi connectivity index (χ2n) is 6.90. The molecule has 0 aromatic heterocycles. The zero-order valence-electron chi connectivity index (χ0n) is 12.8. The van der Waals surface area contributed by atoms with Crippen LogP contribution in [0.1, 0.15) is 27.2 Å². The van der Waals surface area contributed by atoms with E-state index in [0.717, 1.165) is 26.2 Å². The highest BCUT2D eigenvalue weighted by Crippen LogP contribution is 2.20. The van der Waals surface area contributed by atoms with Crippen LogP contribution in [0.2, 0.25) is 0 Å². The number of nitrogens with one attached hydrogen (secondary N) is 1. The number of sulfonamides is 1. The van der Waals surface area contributed by atoms with E-state index in [1.54, 1.807) is 4.31 Å². The molecule has 20 heavy (non-hydrogen) atoms. The van der Waals surface area contributed by atoms with E-state index >= 15 is 0 Å². The van der Waals surface area contributed by atoms with Crippen LogP contribution in [0.5, 0.6) is 0 Å². The predicted octanol–water partition coefficient (Wildman–Crippen LogP) is 0.764. The second kappa shape index (κ2) is 6.92. The summed E-state index contributed by atoms with van der Waals surface area (Å²) in [5, 5.41) is 3.37. The molecule has 2 aliphatic rings. The predicted molar refractivity (Wildman–Crippen MR) is 84.9 cm³/mol. The summed E-state index contributed by atoms with van der Waals surface area (Å²) < 4.78 is 26.3. The summed E-state index contributed by atoms with van der Waals surface area (Å²) in [6, 6.07) is 0.604. The van der Waals surface area contributed by atoms with Gasteiger partial charge in [-0.05, 0) is 18.4 Å². The SMILES string of the molecule is CC(C)(C)CS(=O)(=O)N1CCN(C2CCNC2)CC1.Cl. The summed E-state index contributed by atoms with van der Waals surface area (Å²) in [7, 11) is -3.10. The lowest BCUT2D eigenvalue weighted by atomic mass is 10.0. The molecule has 0 saturated carbocycles. The summed E-state index contributed by atoms with van der Waals surface area (Å²) in [5.74, 6) is 0.241. The molecule has 1 atom stereocenters. The van der Waals surface area contributed by atoms with Gasteiger partial charge in [0.2, 0.25) is 10.0 Å². The third-order valence-electron chi connectivity index (χ3n) is 3.83. The zero-order valence-corrected chi connectivity index (χ0v) is 14.4. The molecule has 5 nitrogen and oxygen atoms in total. The quantitative estimate of drug-likeness (QED) is 0.832. The van der Waals surface area contributed by atoms with E-state index in [1.165, 1.54) is 6.42 Å². The van der Waals surface area contributed by atoms with Crippen LogP contribution >= 0.6 is 12.4 Å². The smallest absolute Gasteiger partial charge is 0.214 e. The molecule has 2 saturated heterocycles. The summed E-state index contributed by atoms with van der Waals surface area (Å²) >= 11 is 0. The second-order valence-corrected chi connectivity index (χ2v) is 8.87. The monoisotopic (exact) mass is 325 g/mol. The maximum atomic E-state index is 12.3. The highest BCUT2D eigenvalue weighted by molar-refractivity contribution is 7.89. The van der Waals surface area contributed by atoms with E-state index in [2.05, 4.69) is 10.2 Å². The first-order chi connectivity index (χ1) is 8.78. The van der Waals surface area contributed by atoms with Gasteiger partial charge in [0.05, 0.1) is 5.75 Å². The van der Waals surface area contributed by atoms with Crippen LogP contribution in [-0.2, 0) is 10.0 Å². The molecule has 120 valence electrons. The van der Waals surface area contributed by atoms with E-state index in [4.69, 9.17) is 0 Å². The number of hydrogen-bond donors (Lipinski definition) is 1. The van der Waals surface area contributed by atoms with Crippen LogP contribution in [0.15, 0.2) is 0 Å². The fourth-order valence-corrected chi connectivity index (χ4v) is 4.93. The first-order valence-corrected chi connectivity index (χ1v) is 8.81. The molecule has 7 heteroatoms. The van der Waals surface area contributed by atoms with Gasteiger partial charge in [0.25, 0.3) is 0 Å². The molecular formula is C13H28ClN3O2S. The van der Waals surface area contributed by atoms with Crippen molar-refractivity contribution in [2.45, 2.75) is 33.2 Å². The van der Waals surface area contributed by atoms with Crippen molar-refractivity contribution < 1.29 is 8.42 Å². The molecular weight excluding hydrogens is 298 g/mol. The van der Waals surface area contributed by atoms with Crippen LogP contribution < -0.4 is 5.32 Å². The molecule has 0 aromatic carbocycles. The van der Waals surface area contributed by atoms with Gasteiger partial charge in [-0.3, -0.25) is 4.90 Å². The van der Waals surface area contributed by atoms with Crippen molar-refractivity contribution in [1.82, 2.24) is 14.5 Å². The summed E-state index contributed by atoms with van der Waals surface area (Å²) in [6.45, 7) is 11.1. The Kier molecular flexibility index (Phi) is 6.29. The summed E-state index contributed by atoms with van der Waals surface area (Å²) in [6.07, 6.45) is 1.19. The van der Waals surface area contributed by atoms with Crippen molar-refractivity contribution in [3.63, 3.8) is 0 Å². The first kappa shape index (κ1) is 18.2. The zero-order chi connectivity index (χ0) is 14.1. The number of hydrogen-bond acceptors (Lipinski definition) is 4. The van der Waals surface area contributed by atoms with Crippen molar-refractivity contribution in [3.05, 3.63) is 0 Å². The summed E-state index contributed by atoms with van der Waals surface area (Å²) in [5.41, 5.74) is -0.175. The molecule has 0 bridgehead atoms. The van der Waals surface area contributed by atoms with Crippen molar-refractivity contribution in [2.75, 3.05) is 45.0 Å². The molecule has 0 aliphatic carbocycles. The van der Waals surface area contributed by atoms with E-state index in [1.807, 2.05) is 20.8 Å². The maximum Gasteiger partial charge on any atom is 0.214 e. The molecule has 1 N–H and O–H groups in total. The van der Waals surface area contributed by atoms with Gasteiger partial charge >= 0.3 is 0 Å². The van der Waals surface area contributed by atoms with Crippen LogP contribution in [-0.4, -0.2) is 68.7 Å². The third kappa shape index (κ3) is 4.84. The Morgan fingerprint density at radius 1 is 1.15 bits per heavy atom. The average Bonchev–Trinajstić information content (AvgIpc) is 2.79. The van der Waals surface area contributed by atoms with Gasteiger partial charge in [-0.2, -0.15) is 4.31 Å². The van der Waals surface area contributed by atoms with Crippen LogP contribution in [0, 0.1) is 5.41 Å². The molecule has 0 amide bonds. The Labute approximate surface area is 129 Å². The fraction of sp³-hybridized carbons (Fsp3) is 1.00. The lowest BCUT2D eigenvalue weighted by molar-refractivity contribution is 0.145. The highest BCUT2D eigenvalue weighted by Gasteiger charge is 2.33. The Morgan fingerprint density at radius 3 is 2.20 bits per heavy atom. The van der Waals surface area contributed by atoms with Crippen molar-refractivity contribution in [2.24, 2.45) is 5.41 Å². The number of piperazine rings is 1. The number of halogens is 1. The molecule has 0 spiro atoms. The lowest BCUT2D eigenvalue weighted by Crippen LogP contribution is -2.53. The van der Waals surface area contributed by atoms with Crippen LogP contribution in [0.25, 0.3) is 0 Å². The van der Waals surface area contributed by atoms with Crippen molar-refractivity contribution in [1.29, 1.82) is 0 Å². The topological polar surface area (TPSA) is 52.7 Å². The maximum absolute atomic E-state index is 12.3. The lowest BCUT2D eigenvalue weighted by Gasteiger charge is -2.38. The number of rotatable bonds is 3. The van der Waals surface area contributed by atoms with Gasteiger partial charge in [0.1, 0.15) is 0 Å². The highest BCUT2D eigenvalue weighted by atomic mass is 35.5. The Hall–Kier alpha value is 0.120. The van der Waals surface area contributed by atoms with Crippen molar-refractivity contribution in [3.8, 4) is 0 Å². The molecule has 0 radical (unpaired) electrons. The van der Waals surface area contributed by atoms with Gasteiger partial charge < -0.3 is 5.32 Å². The first-order valence-electron chi connectivity index (χ1n) is 7.20. The molecule has 0 aromatic rings. The van der Waals surface area contributed by atoms with E-state index in [0.29, 0.717) is 19.1 Å². The normalized spacial score (nSPS) is 26.4. The van der Waals surface area contributed by atoms with Crippen LogP contribution in [0.4, 0.5) is 0 Å². The Morgan fingerprint density at radius 2 is 1.75 bits per heavy atom. The largest absolute Gasteiger partial charge is 0.315 e. The standard InChI is InChI=1S/C13H27N3O2S.ClH/c1-13(2,3)11-19(17,18)16-8-6-15(7-9-16)12-4-5-14-10-12;/h12,14H,4-11H2,1-3H3;1H. The summed E-state index contributed by atoms with van der Waals surface area (Å²) in [4.78, 5) is 2.43. The van der Waals surface area contributed by atoms with Gasteiger partial charge in [0.15, 0.2) is 0 Å².